The first-order valence-corrected chi connectivity index (χ1v) is 4.36. The first kappa shape index (κ1) is 9.01. The molecule has 0 amide bonds. The lowest BCUT2D eigenvalue weighted by molar-refractivity contribution is 0.597. The van der Waals surface area contributed by atoms with Crippen LogP contribution in [0.25, 0.3) is 5.69 Å². The van der Waals surface area contributed by atoms with Gasteiger partial charge in [0.05, 0.1) is 0 Å². The molecular formula is C8H7FN4S. The van der Waals surface area contributed by atoms with Gasteiger partial charge in [0.15, 0.2) is 5.82 Å². The molecule has 1 aromatic carbocycles. The van der Waals surface area contributed by atoms with Crippen molar-refractivity contribution in [3.8, 4) is 5.69 Å². The van der Waals surface area contributed by atoms with Crippen molar-refractivity contribution in [2.24, 2.45) is 0 Å². The maximum absolute atomic E-state index is 13.6. The third kappa shape index (κ3) is 1.33. The van der Waals surface area contributed by atoms with Crippen LogP contribution in [0.5, 0.6) is 0 Å². The molecule has 6 heteroatoms. The van der Waals surface area contributed by atoms with Crippen molar-refractivity contribution < 1.29 is 4.39 Å². The van der Waals surface area contributed by atoms with Crippen molar-refractivity contribution in [3.05, 3.63) is 34.4 Å². The van der Waals surface area contributed by atoms with Crippen LogP contribution in [-0.4, -0.2) is 20.2 Å². The van der Waals surface area contributed by atoms with E-state index >= 15 is 0 Å². The predicted octanol–water partition coefficient (Wildman–Crippen LogP) is 1.77. The van der Waals surface area contributed by atoms with E-state index in [0.717, 1.165) is 0 Å². The molecule has 72 valence electrons. The second-order valence-corrected chi connectivity index (χ2v) is 3.19. The Morgan fingerprint density at radius 2 is 2.29 bits per heavy atom. The molecule has 1 N–H and O–H groups in total. The Labute approximate surface area is 84.4 Å². The lowest BCUT2D eigenvalue weighted by Crippen LogP contribution is -2.01. The Hall–Kier alpha value is -1.56. The van der Waals surface area contributed by atoms with Crippen LogP contribution in [0.15, 0.2) is 18.2 Å². The van der Waals surface area contributed by atoms with Crippen LogP contribution in [0.3, 0.4) is 0 Å². The molecule has 2 aromatic rings. The van der Waals surface area contributed by atoms with Crippen LogP contribution in [0.2, 0.25) is 0 Å². The lowest BCUT2D eigenvalue weighted by Gasteiger charge is -2.03. The SMILES string of the molecule is Cc1cccc(-n2[nH]nnc2=S)c1F. The van der Waals surface area contributed by atoms with Gasteiger partial charge in [0.1, 0.15) is 5.69 Å². The van der Waals surface area contributed by atoms with Gasteiger partial charge in [-0.25, -0.2) is 9.07 Å². The molecule has 0 saturated carbocycles. The van der Waals surface area contributed by atoms with E-state index in [2.05, 4.69) is 15.5 Å². The summed E-state index contributed by atoms with van der Waals surface area (Å²) in [5, 5.41) is 9.56. The summed E-state index contributed by atoms with van der Waals surface area (Å²) < 4.78 is 15.1. The molecule has 0 aliphatic carbocycles. The highest BCUT2D eigenvalue weighted by Gasteiger charge is 2.07. The second-order valence-electron chi connectivity index (χ2n) is 2.83. The fourth-order valence-corrected chi connectivity index (χ4v) is 1.34. The van der Waals surface area contributed by atoms with Gasteiger partial charge >= 0.3 is 0 Å². The molecule has 0 unspecified atom stereocenters. The molecule has 2 rings (SSSR count). The molecule has 0 aliphatic heterocycles. The van der Waals surface area contributed by atoms with Gasteiger partial charge < -0.3 is 0 Å². The molecule has 0 radical (unpaired) electrons. The van der Waals surface area contributed by atoms with Crippen molar-refractivity contribution in [1.29, 1.82) is 0 Å². The Morgan fingerprint density at radius 3 is 2.93 bits per heavy atom. The summed E-state index contributed by atoms with van der Waals surface area (Å²) in [5.74, 6) is -0.324. The van der Waals surface area contributed by atoms with Gasteiger partial charge in [-0.1, -0.05) is 22.4 Å². The second kappa shape index (κ2) is 3.30. The number of aromatic nitrogens is 4. The van der Waals surface area contributed by atoms with Crippen molar-refractivity contribution in [2.45, 2.75) is 6.92 Å². The third-order valence-electron chi connectivity index (χ3n) is 1.88. The summed E-state index contributed by atoms with van der Waals surface area (Å²) in [7, 11) is 0. The monoisotopic (exact) mass is 210 g/mol. The van der Waals surface area contributed by atoms with E-state index in [9.17, 15) is 4.39 Å². The smallest absolute Gasteiger partial charge is 0.207 e. The highest BCUT2D eigenvalue weighted by molar-refractivity contribution is 7.71. The van der Waals surface area contributed by atoms with Crippen LogP contribution < -0.4 is 0 Å². The van der Waals surface area contributed by atoms with Crippen LogP contribution in [0.1, 0.15) is 5.56 Å². The number of nitrogens with zero attached hydrogens (tertiary/aromatic N) is 3. The van der Waals surface area contributed by atoms with Crippen LogP contribution in [0.4, 0.5) is 4.39 Å². The average Bonchev–Trinajstić information content (AvgIpc) is 2.57. The fourth-order valence-electron chi connectivity index (χ4n) is 1.16. The standard InChI is InChI=1S/C8H7FN4S/c1-5-3-2-4-6(7(5)9)13-8(14)10-11-12-13/h2-4H,1H3,(H,10,12,14). The van der Waals surface area contributed by atoms with Crippen LogP contribution in [-0.2, 0) is 0 Å². The summed E-state index contributed by atoms with van der Waals surface area (Å²) in [6.45, 7) is 1.69. The van der Waals surface area contributed by atoms with E-state index in [1.807, 2.05) is 0 Å². The maximum Gasteiger partial charge on any atom is 0.243 e. The van der Waals surface area contributed by atoms with E-state index in [1.54, 1.807) is 25.1 Å². The number of hydrogen-bond donors (Lipinski definition) is 1. The van der Waals surface area contributed by atoms with Gasteiger partial charge in [-0.2, -0.15) is 5.21 Å². The number of rotatable bonds is 1. The third-order valence-corrected chi connectivity index (χ3v) is 2.15. The summed E-state index contributed by atoms with van der Waals surface area (Å²) in [6.07, 6.45) is 0. The highest BCUT2D eigenvalue weighted by Crippen LogP contribution is 2.14. The first-order valence-electron chi connectivity index (χ1n) is 3.96. The summed E-state index contributed by atoms with van der Waals surface area (Å²) in [5.41, 5.74) is 0.888. The molecule has 0 saturated heterocycles. The Kier molecular flexibility index (Phi) is 2.12. The number of H-pyrrole nitrogens is 1. The zero-order valence-electron chi connectivity index (χ0n) is 7.36. The van der Waals surface area contributed by atoms with Gasteiger partial charge in [0.25, 0.3) is 0 Å². The Bertz CT molecular complexity index is 516. The topological polar surface area (TPSA) is 46.5 Å². The van der Waals surface area contributed by atoms with Gasteiger partial charge in [0, 0.05) is 0 Å². The molecule has 1 heterocycles. The van der Waals surface area contributed by atoms with E-state index in [4.69, 9.17) is 12.2 Å². The first-order chi connectivity index (χ1) is 6.70. The van der Waals surface area contributed by atoms with E-state index in [-0.39, 0.29) is 10.6 Å². The zero-order chi connectivity index (χ0) is 10.1. The normalized spacial score (nSPS) is 10.4. The summed E-state index contributed by atoms with van der Waals surface area (Å²) in [6, 6.07) is 5.04. The van der Waals surface area contributed by atoms with Crippen molar-refractivity contribution in [2.75, 3.05) is 0 Å². The minimum Gasteiger partial charge on any atom is -0.207 e. The highest BCUT2D eigenvalue weighted by atomic mass is 32.1. The van der Waals surface area contributed by atoms with Crippen LogP contribution in [0, 0.1) is 17.5 Å². The van der Waals surface area contributed by atoms with Crippen molar-refractivity contribution >= 4 is 12.2 Å². The molecule has 0 aliphatic rings. The van der Waals surface area contributed by atoms with E-state index in [0.29, 0.717) is 11.3 Å². The van der Waals surface area contributed by atoms with Crippen LogP contribution >= 0.6 is 12.2 Å². The minimum absolute atomic E-state index is 0.203. The van der Waals surface area contributed by atoms with E-state index in [1.165, 1.54) is 4.68 Å². The minimum atomic E-state index is -0.324. The molecule has 4 nitrogen and oxygen atoms in total. The molecular weight excluding hydrogens is 203 g/mol. The Morgan fingerprint density at radius 1 is 1.50 bits per heavy atom. The molecule has 0 bridgehead atoms. The lowest BCUT2D eigenvalue weighted by atomic mass is 10.2. The zero-order valence-corrected chi connectivity index (χ0v) is 8.18. The number of hydrogen-bond acceptors (Lipinski definition) is 3. The quantitative estimate of drug-likeness (QED) is 0.730. The summed E-state index contributed by atoms with van der Waals surface area (Å²) >= 11 is 4.86. The van der Waals surface area contributed by atoms with Gasteiger partial charge in [-0.15, -0.1) is 0 Å². The molecule has 14 heavy (non-hydrogen) atoms. The molecule has 0 atom stereocenters. The van der Waals surface area contributed by atoms with E-state index < -0.39 is 0 Å². The predicted molar refractivity (Wildman–Crippen MR) is 51.2 cm³/mol. The molecule has 1 aromatic heterocycles. The van der Waals surface area contributed by atoms with Crippen molar-refractivity contribution in [3.63, 3.8) is 0 Å². The summed E-state index contributed by atoms with van der Waals surface area (Å²) in [4.78, 5) is 0. The fraction of sp³-hybridized carbons (Fsp3) is 0.125. The number of nitrogens with one attached hydrogen (secondary N) is 1. The number of aromatic amines is 1. The van der Waals surface area contributed by atoms with Gasteiger partial charge in [-0.3, -0.25) is 0 Å². The number of halogens is 1. The van der Waals surface area contributed by atoms with Crippen molar-refractivity contribution in [1.82, 2.24) is 20.2 Å². The number of aryl methyl sites for hydroxylation is 1. The largest absolute Gasteiger partial charge is 0.243 e. The number of benzene rings is 1. The number of tetrazole rings is 1. The average molecular weight is 210 g/mol. The van der Waals surface area contributed by atoms with Gasteiger partial charge in [-0.05, 0) is 30.8 Å². The molecule has 0 spiro atoms. The molecule has 0 fully saturated rings. The maximum atomic E-state index is 13.6. The van der Waals surface area contributed by atoms with Gasteiger partial charge in [0.2, 0.25) is 4.77 Å². The Balaban J connectivity index is 2.69.